The Morgan fingerprint density at radius 3 is 2.48 bits per heavy atom. The number of methoxy groups -OCH3 is 2. The van der Waals surface area contributed by atoms with Crippen molar-refractivity contribution in [3.63, 3.8) is 0 Å². The van der Waals surface area contributed by atoms with Gasteiger partial charge in [0.15, 0.2) is 0 Å². The molecule has 0 saturated carbocycles. The molecular weight excluding hydrogens is 344 g/mol. The monoisotopic (exact) mass is 370 g/mol. The zero-order valence-electron chi connectivity index (χ0n) is 15.2. The van der Waals surface area contributed by atoms with Crippen LogP contribution in [0.4, 0.5) is 0 Å². The first-order chi connectivity index (χ1) is 11.9. The van der Waals surface area contributed by atoms with Crippen molar-refractivity contribution >= 4 is 10.0 Å². The summed E-state index contributed by atoms with van der Waals surface area (Å²) < 4.78 is 44.7. The van der Waals surface area contributed by atoms with Gasteiger partial charge in [0.25, 0.3) is 0 Å². The second kappa shape index (κ2) is 7.11. The second-order valence-corrected chi connectivity index (χ2v) is 8.70. The van der Waals surface area contributed by atoms with Crippen LogP contribution in [-0.4, -0.2) is 77.8 Å². The van der Waals surface area contributed by atoms with Gasteiger partial charge in [-0.3, -0.25) is 4.90 Å². The van der Waals surface area contributed by atoms with Crippen LogP contribution in [0, 0.1) is 12.8 Å². The predicted molar refractivity (Wildman–Crippen MR) is 93.8 cm³/mol. The molecule has 7 nitrogen and oxygen atoms in total. The molecule has 0 radical (unpaired) electrons. The Kier molecular flexibility index (Phi) is 5.24. The van der Waals surface area contributed by atoms with Crippen molar-refractivity contribution in [1.29, 1.82) is 0 Å². The van der Waals surface area contributed by atoms with Gasteiger partial charge in [-0.2, -0.15) is 4.31 Å². The van der Waals surface area contributed by atoms with E-state index in [0.29, 0.717) is 37.8 Å². The molecule has 0 spiro atoms. The molecule has 2 bridgehead atoms. The molecule has 1 aromatic carbocycles. The third kappa shape index (κ3) is 3.48. The molecular formula is C17H26N2O5S. The number of benzene rings is 1. The number of hydrogen-bond donors (Lipinski definition) is 0. The van der Waals surface area contributed by atoms with E-state index in [2.05, 4.69) is 4.90 Å². The summed E-state index contributed by atoms with van der Waals surface area (Å²) in [5.41, 5.74) is 0.833. The Morgan fingerprint density at radius 2 is 1.80 bits per heavy atom. The molecule has 0 unspecified atom stereocenters. The van der Waals surface area contributed by atoms with Crippen molar-refractivity contribution < 1.29 is 22.6 Å². The van der Waals surface area contributed by atoms with E-state index in [-0.39, 0.29) is 16.9 Å². The maximum absolute atomic E-state index is 13.4. The molecule has 1 aromatic rings. The Hall–Kier alpha value is -1.35. The minimum absolute atomic E-state index is 0.0561. The van der Waals surface area contributed by atoms with E-state index in [1.165, 1.54) is 14.2 Å². The van der Waals surface area contributed by atoms with Crippen molar-refractivity contribution in [3.8, 4) is 11.5 Å². The number of likely N-dealkylation sites (N-methyl/N-ethyl adjacent to an activating group) is 1. The van der Waals surface area contributed by atoms with E-state index in [1.807, 2.05) is 14.0 Å². The Balaban J connectivity index is 2.01. The highest BCUT2D eigenvalue weighted by Crippen LogP contribution is 2.34. The fourth-order valence-corrected chi connectivity index (χ4v) is 5.27. The molecule has 140 valence electrons. The van der Waals surface area contributed by atoms with Crippen LogP contribution in [0.15, 0.2) is 17.0 Å². The van der Waals surface area contributed by atoms with Crippen LogP contribution in [0.5, 0.6) is 11.5 Å². The number of sulfonamides is 1. The van der Waals surface area contributed by atoms with Gasteiger partial charge in [-0.15, -0.1) is 0 Å². The smallest absolute Gasteiger partial charge is 0.246 e. The van der Waals surface area contributed by atoms with Gasteiger partial charge < -0.3 is 14.2 Å². The maximum Gasteiger partial charge on any atom is 0.246 e. The highest BCUT2D eigenvalue weighted by atomic mass is 32.2. The number of aryl methyl sites for hydroxylation is 1. The first-order valence-corrected chi connectivity index (χ1v) is 9.81. The fourth-order valence-electron chi connectivity index (χ4n) is 3.57. The third-order valence-electron chi connectivity index (χ3n) is 5.01. The SMILES string of the molecule is COc1cc(S(=O)(=O)N2C[C@@H]3COC[C@H](C2)N(C)C3)c(OC)cc1C. The number of fused-ring (bicyclic) bond motifs is 3. The summed E-state index contributed by atoms with van der Waals surface area (Å²) >= 11 is 0. The highest BCUT2D eigenvalue weighted by molar-refractivity contribution is 7.89. The molecule has 0 aromatic heterocycles. The molecule has 0 aliphatic carbocycles. The lowest BCUT2D eigenvalue weighted by atomic mass is 10.1. The predicted octanol–water partition coefficient (Wildman–Crippen LogP) is 0.963. The lowest BCUT2D eigenvalue weighted by molar-refractivity contribution is 0.0727. The van der Waals surface area contributed by atoms with Crippen molar-refractivity contribution in [2.45, 2.75) is 17.9 Å². The molecule has 0 amide bonds. The summed E-state index contributed by atoms with van der Waals surface area (Å²) in [6, 6.07) is 3.32. The zero-order chi connectivity index (χ0) is 18.2. The van der Waals surface area contributed by atoms with E-state index in [1.54, 1.807) is 16.4 Å². The largest absolute Gasteiger partial charge is 0.496 e. The van der Waals surface area contributed by atoms with E-state index >= 15 is 0 Å². The minimum Gasteiger partial charge on any atom is -0.496 e. The van der Waals surface area contributed by atoms with Crippen LogP contribution in [0.25, 0.3) is 0 Å². The van der Waals surface area contributed by atoms with E-state index < -0.39 is 10.0 Å². The standard InChI is InChI=1S/C17H26N2O5S/c1-12-5-16(23-4)17(6-15(12)22-3)25(20,21)19-8-13-7-18(2)14(9-19)11-24-10-13/h5-6,13-14H,7-11H2,1-4H3/t13-,14+/m1/s1. The average molecular weight is 370 g/mol. The Bertz CT molecular complexity index is 737. The number of nitrogens with zero attached hydrogens (tertiary/aromatic N) is 2. The van der Waals surface area contributed by atoms with Gasteiger partial charge >= 0.3 is 0 Å². The number of ether oxygens (including phenoxy) is 3. The topological polar surface area (TPSA) is 68.3 Å². The van der Waals surface area contributed by atoms with Crippen molar-refractivity contribution in [1.82, 2.24) is 9.21 Å². The minimum atomic E-state index is -3.70. The summed E-state index contributed by atoms with van der Waals surface area (Å²) in [6.45, 7) is 4.69. The molecule has 8 heteroatoms. The molecule has 2 heterocycles. The van der Waals surface area contributed by atoms with Crippen LogP contribution in [0.3, 0.4) is 0 Å². The molecule has 2 saturated heterocycles. The van der Waals surface area contributed by atoms with Crippen molar-refractivity contribution in [3.05, 3.63) is 17.7 Å². The highest BCUT2D eigenvalue weighted by Gasteiger charge is 2.38. The van der Waals surface area contributed by atoms with Gasteiger partial charge in [-0.25, -0.2) is 8.42 Å². The lowest BCUT2D eigenvalue weighted by Crippen LogP contribution is -2.44. The fraction of sp³-hybridized carbons (Fsp3) is 0.647. The van der Waals surface area contributed by atoms with E-state index in [9.17, 15) is 8.42 Å². The summed E-state index contributed by atoms with van der Waals surface area (Å²) in [5.74, 6) is 1.04. The summed E-state index contributed by atoms with van der Waals surface area (Å²) in [6.07, 6.45) is 0. The molecule has 2 aliphatic rings. The van der Waals surface area contributed by atoms with Gasteiger partial charge in [0.05, 0.1) is 27.4 Å². The quantitative estimate of drug-likeness (QED) is 0.787. The third-order valence-corrected chi connectivity index (χ3v) is 6.86. The van der Waals surface area contributed by atoms with Crippen LogP contribution < -0.4 is 9.47 Å². The van der Waals surface area contributed by atoms with Gasteiger partial charge in [-0.05, 0) is 25.6 Å². The molecule has 3 rings (SSSR count). The van der Waals surface area contributed by atoms with Gasteiger partial charge in [-0.1, -0.05) is 0 Å². The summed E-state index contributed by atoms with van der Waals surface area (Å²) in [7, 11) is 1.35. The van der Waals surface area contributed by atoms with Gasteiger partial charge in [0.2, 0.25) is 10.0 Å². The average Bonchev–Trinajstić information content (AvgIpc) is 2.82. The first-order valence-electron chi connectivity index (χ1n) is 8.37. The number of rotatable bonds is 4. The van der Waals surface area contributed by atoms with Crippen LogP contribution in [0.2, 0.25) is 0 Å². The molecule has 0 N–H and O–H groups in total. The van der Waals surface area contributed by atoms with Crippen molar-refractivity contribution in [2.75, 3.05) is 54.1 Å². The van der Waals surface area contributed by atoms with Crippen LogP contribution in [0.1, 0.15) is 5.56 Å². The van der Waals surface area contributed by atoms with Crippen LogP contribution in [-0.2, 0) is 14.8 Å². The Labute approximate surface area is 149 Å². The zero-order valence-corrected chi connectivity index (χ0v) is 16.0. The molecule has 25 heavy (non-hydrogen) atoms. The Morgan fingerprint density at radius 1 is 1.08 bits per heavy atom. The lowest BCUT2D eigenvalue weighted by Gasteiger charge is -2.29. The van der Waals surface area contributed by atoms with Crippen molar-refractivity contribution in [2.24, 2.45) is 5.92 Å². The molecule has 2 fully saturated rings. The number of hydrogen-bond acceptors (Lipinski definition) is 6. The maximum atomic E-state index is 13.4. The van der Waals surface area contributed by atoms with Crippen LogP contribution >= 0.6 is 0 Å². The molecule has 2 aliphatic heterocycles. The van der Waals surface area contributed by atoms with Gasteiger partial charge in [0.1, 0.15) is 16.4 Å². The summed E-state index contributed by atoms with van der Waals surface area (Å²) in [4.78, 5) is 2.35. The summed E-state index contributed by atoms with van der Waals surface area (Å²) in [5, 5.41) is 0. The molecule has 2 atom stereocenters. The van der Waals surface area contributed by atoms with E-state index in [0.717, 1.165) is 12.1 Å². The van der Waals surface area contributed by atoms with Gasteiger partial charge in [0, 0.05) is 37.7 Å². The first kappa shape index (κ1) is 18.4. The normalized spacial score (nSPS) is 25.4. The van der Waals surface area contributed by atoms with E-state index in [4.69, 9.17) is 14.2 Å². The second-order valence-electron chi connectivity index (χ2n) is 6.79.